The van der Waals surface area contributed by atoms with E-state index in [0.29, 0.717) is 11.9 Å². The zero-order chi connectivity index (χ0) is 11.8. The van der Waals surface area contributed by atoms with Crippen LogP contribution in [0.15, 0.2) is 18.3 Å². The molecule has 0 aromatic carbocycles. The van der Waals surface area contributed by atoms with E-state index in [1.165, 1.54) is 6.07 Å². The highest BCUT2D eigenvalue weighted by Crippen LogP contribution is 2.29. The molecule has 1 saturated heterocycles. The maximum absolute atomic E-state index is 12.3. The van der Waals surface area contributed by atoms with E-state index in [9.17, 15) is 13.2 Å². The Morgan fingerprint density at radius 2 is 2.06 bits per heavy atom. The Morgan fingerprint density at radius 3 is 2.44 bits per heavy atom. The topological polar surface area (TPSA) is 28.2 Å². The van der Waals surface area contributed by atoms with Gasteiger partial charge in [0.2, 0.25) is 0 Å². The highest BCUT2D eigenvalue weighted by atomic mass is 19.4. The van der Waals surface area contributed by atoms with Gasteiger partial charge in [-0.25, -0.2) is 4.98 Å². The molecule has 1 aliphatic rings. The molecule has 0 radical (unpaired) electrons. The second-order valence-corrected chi connectivity index (χ2v) is 3.83. The van der Waals surface area contributed by atoms with Crippen molar-refractivity contribution in [2.45, 2.75) is 12.2 Å². The molecule has 0 bridgehead atoms. The zero-order valence-electron chi connectivity index (χ0n) is 8.75. The van der Waals surface area contributed by atoms with E-state index >= 15 is 0 Å². The van der Waals surface area contributed by atoms with Crippen molar-refractivity contribution in [2.24, 2.45) is 0 Å². The Morgan fingerprint density at radius 1 is 1.38 bits per heavy atom. The standard InChI is InChI=1S/C10H12F3N3/c1-16(8-5-14-6-8)9-3-2-7(4-15-9)10(11,12)13/h2-4,8,14H,5-6H2,1H3. The summed E-state index contributed by atoms with van der Waals surface area (Å²) in [6, 6.07) is 2.79. The van der Waals surface area contributed by atoms with Crippen LogP contribution >= 0.6 is 0 Å². The molecule has 2 rings (SSSR count). The van der Waals surface area contributed by atoms with Crippen LogP contribution in [0, 0.1) is 0 Å². The summed E-state index contributed by atoms with van der Waals surface area (Å²) in [5, 5.41) is 3.10. The van der Waals surface area contributed by atoms with Crippen molar-refractivity contribution in [3.8, 4) is 0 Å². The molecule has 1 aromatic rings. The van der Waals surface area contributed by atoms with E-state index in [0.717, 1.165) is 25.4 Å². The summed E-state index contributed by atoms with van der Waals surface area (Å²) in [5.74, 6) is 0.569. The number of likely N-dealkylation sites (N-methyl/N-ethyl adjacent to an activating group) is 1. The maximum Gasteiger partial charge on any atom is 0.417 e. The first-order valence-electron chi connectivity index (χ1n) is 4.95. The molecule has 1 aliphatic heterocycles. The van der Waals surface area contributed by atoms with E-state index in [1.54, 1.807) is 0 Å². The maximum atomic E-state index is 12.3. The van der Waals surface area contributed by atoms with Crippen molar-refractivity contribution in [3.05, 3.63) is 23.9 Å². The van der Waals surface area contributed by atoms with E-state index in [-0.39, 0.29) is 0 Å². The van der Waals surface area contributed by atoms with Crippen molar-refractivity contribution < 1.29 is 13.2 Å². The number of hydrogen-bond acceptors (Lipinski definition) is 3. The quantitative estimate of drug-likeness (QED) is 0.836. The predicted octanol–water partition coefficient (Wildman–Crippen LogP) is 1.51. The van der Waals surface area contributed by atoms with E-state index in [4.69, 9.17) is 0 Å². The molecule has 88 valence electrons. The van der Waals surface area contributed by atoms with E-state index in [1.807, 2.05) is 11.9 Å². The third kappa shape index (κ3) is 2.11. The van der Waals surface area contributed by atoms with Gasteiger partial charge in [0.05, 0.1) is 11.6 Å². The van der Waals surface area contributed by atoms with Gasteiger partial charge in [-0.1, -0.05) is 0 Å². The van der Waals surface area contributed by atoms with Gasteiger partial charge >= 0.3 is 6.18 Å². The van der Waals surface area contributed by atoms with Crippen LogP contribution in [0.25, 0.3) is 0 Å². The molecule has 0 atom stereocenters. The molecule has 1 fully saturated rings. The number of hydrogen-bond donors (Lipinski definition) is 1. The fraction of sp³-hybridized carbons (Fsp3) is 0.500. The van der Waals surface area contributed by atoms with Crippen LogP contribution < -0.4 is 10.2 Å². The lowest BCUT2D eigenvalue weighted by Crippen LogP contribution is -2.56. The smallest absolute Gasteiger partial charge is 0.354 e. The number of nitrogens with one attached hydrogen (secondary N) is 1. The number of nitrogens with zero attached hydrogens (tertiary/aromatic N) is 2. The normalized spacial score (nSPS) is 17.0. The van der Waals surface area contributed by atoms with Crippen molar-refractivity contribution in [3.63, 3.8) is 0 Å². The summed E-state index contributed by atoms with van der Waals surface area (Å²) in [6.07, 6.45) is -3.44. The summed E-state index contributed by atoms with van der Waals surface area (Å²) in [5.41, 5.74) is -0.712. The third-order valence-electron chi connectivity index (χ3n) is 2.74. The lowest BCUT2D eigenvalue weighted by Gasteiger charge is -2.36. The van der Waals surface area contributed by atoms with Gasteiger partial charge in [0, 0.05) is 26.3 Å². The average Bonchev–Trinajstić information content (AvgIpc) is 2.14. The van der Waals surface area contributed by atoms with Gasteiger partial charge in [0.15, 0.2) is 0 Å². The summed E-state index contributed by atoms with van der Waals surface area (Å²) in [6.45, 7) is 1.69. The van der Waals surface area contributed by atoms with Crippen LogP contribution in [0.3, 0.4) is 0 Å². The first-order chi connectivity index (χ1) is 7.48. The molecule has 1 aromatic heterocycles. The number of pyridine rings is 1. The molecule has 0 unspecified atom stereocenters. The Hall–Kier alpha value is -1.30. The Bertz CT molecular complexity index is 357. The number of halogens is 3. The minimum absolute atomic E-state index is 0.323. The minimum Gasteiger partial charge on any atom is -0.354 e. The lowest BCUT2D eigenvalue weighted by atomic mass is 10.1. The Balaban J connectivity index is 2.12. The lowest BCUT2D eigenvalue weighted by molar-refractivity contribution is -0.137. The van der Waals surface area contributed by atoms with Gasteiger partial charge in [-0.05, 0) is 12.1 Å². The highest BCUT2D eigenvalue weighted by Gasteiger charge is 2.31. The molecule has 1 N–H and O–H groups in total. The van der Waals surface area contributed by atoms with Gasteiger partial charge in [-0.15, -0.1) is 0 Å². The molecule has 2 heterocycles. The van der Waals surface area contributed by atoms with E-state index in [2.05, 4.69) is 10.3 Å². The minimum atomic E-state index is -4.32. The predicted molar refractivity (Wildman–Crippen MR) is 54.3 cm³/mol. The fourth-order valence-electron chi connectivity index (χ4n) is 1.50. The summed E-state index contributed by atoms with van der Waals surface area (Å²) < 4.78 is 36.9. The number of rotatable bonds is 2. The van der Waals surface area contributed by atoms with Gasteiger partial charge < -0.3 is 10.2 Å². The van der Waals surface area contributed by atoms with Crippen molar-refractivity contribution in [2.75, 3.05) is 25.0 Å². The SMILES string of the molecule is CN(c1ccc(C(F)(F)F)cn1)C1CNC1. The van der Waals surface area contributed by atoms with E-state index < -0.39 is 11.7 Å². The monoisotopic (exact) mass is 231 g/mol. The summed E-state index contributed by atoms with van der Waals surface area (Å²) in [4.78, 5) is 5.71. The second kappa shape index (κ2) is 3.93. The first-order valence-corrected chi connectivity index (χ1v) is 4.95. The average molecular weight is 231 g/mol. The van der Waals surface area contributed by atoms with Crippen molar-refractivity contribution >= 4 is 5.82 Å². The molecular formula is C10H12F3N3. The van der Waals surface area contributed by atoms with Crippen LogP contribution in [-0.2, 0) is 6.18 Å². The largest absolute Gasteiger partial charge is 0.417 e. The van der Waals surface area contributed by atoms with Crippen LogP contribution in [0.1, 0.15) is 5.56 Å². The number of anilines is 1. The van der Waals surface area contributed by atoms with Crippen LogP contribution in [0.4, 0.5) is 19.0 Å². The molecule has 16 heavy (non-hydrogen) atoms. The molecular weight excluding hydrogens is 219 g/mol. The van der Waals surface area contributed by atoms with Gasteiger partial charge in [-0.2, -0.15) is 13.2 Å². The number of alkyl halides is 3. The first kappa shape index (κ1) is 11.2. The molecule has 0 aliphatic carbocycles. The summed E-state index contributed by atoms with van der Waals surface area (Å²) in [7, 11) is 1.83. The molecule has 0 spiro atoms. The van der Waals surface area contributed by atoms with Crippen molar-refractivity contribution in [1.29, 1.82) is 0 Å². The highest BCUT2D eigenvalue weighted by molar-refractivity contribution is 5.41. The fourth-order valence-corrected chi connectivity index (χ4v) is 1.50. The van der Waals surface area contributed by atoms with Gasteiger partial charge in [-0.3, -0.25) is 0 Å². The van der Waals surface area contributed by atoms with Crippen LogP contribution in [0.2, 0.25) is 0 Å². The zero-order valence-corrected chi connectivity index (χ0v) is 8.75. The molecule has 3 nitrogen and oxygen atoms in total. The molecule has 0 saturated carbocycles. The van der Waals surface area contributed by atoms with Crippen LogP contribution in [0.5, 0.6) is 0 Å². The second-order valence-electron chi connectivity index (χ2n) is 3.83. The Labute approximate surface area is 91.3 Å². The molecule has 6 heteroatoms. The Kier molecular flexibility index (Phi) is 2.75. The van der Waals surface area contributed by atoms with Gasteiger partial charge in [0.1, 0.15) is 5.82 Å². The van der Waals surface area contributed by atoms with Crippen molar-refractivity contribution in [1.82, 2.24) is 10.3 Å². The van der Waals surface area contributed by atoms with Crippen LogP contribution in [-0.4, -0.2) is 31.2 Å². The molecule has 0 amide bonds. The van der Waals surface area contributed by atoms with Gasteiger partial charge in [0.25, 0.3) is 0 Å². The number of aromatic nitrogens is 1. The summed E-state index contributed by atoms with van der Waals surface area (Å²) >= 11 is 0. The third-order valence-corrected chi connectivity index (χ3v) is 2.74.